The molecule has 13 heteroatoms. The van der Waals surface area contributed by atoms with Gasteiger partial charge in [-0.05, 0) is 6.07 Å². The lowest BCUT2D eigenvalue weighted by Gasteiger charge is -2.23. The van der Waals surface area contributed by atoms with Gasteiger partial charge in [0.2, 0.25) is 0 Å². The summed E-state index contributed by atoms with van der Waals surface area (Å²) < 4.78 is 59.3. The van der Waals surface area contributed by atoms with Crippen molar-refractivity contribution in [2.24, 2.45) is 0 Å². The minimum Gasteiger partial charge on any atom is -0.741 e. The standard InChI is InChI=1S/C10H12N2O4.CHF3O3S/c1-12(2,3)7-4-5-8(10(13)14)9(6-7)11(15)16;2-1(3,4)8(5,6)7/h4-6H,1-3H3;(H,5,6,7). The highest BCUT2D eigenvalue weighted by atomic mass is 32.2. The van der Waals surface area contributed by atoms with E-state index >= 15 is 0 Å². The molecule has 0 amide bonds. The molecule has 0 aliphatic carbocycles. The molecule has 1 rings (SSSR count). The molecule has 136 valence electrons. The Morgan fingerprint density at radius 2 is 1.67 bits per heavy atom. The number of carboxylic acid groups (broad SMARTS) is 1. The van der Waals surface area contributed by atoms with Crippen molar-refractivity contribution in [3.05, 3.63) is 33.9 Å². The first-order valence-electron chi connectivity index (χ1n) is 5.84. The molecule has 0 unspecified atom stereocenters. The summed E-state index contributed by atoms with van der Waals surface area (Å²) >= 11 is 0. The zero-order chi connectivity index (χ0) is 19.5. The number of quaternary nitrogens is 1. The summed E-state index contributed by atoms with van der Waals surface area (Å²) in [6.07, 6.45) is 0. The first-order valence-corrected chi connectivity index (χ1v) is 7.25. The van der Waals surface area contributed by atoms with Crippen molar-refractivity contribution in [1.82, 2.24) is 4.48 Å². The fourth-order valence-corrected chi connectivity index (χ4v) is 1.27. The Hall–Kier alpha value is -2.25. The molecule has 0 radical (unpaired) electrons. The number of carbonyl (C=O) groups is 1. The maximum Gasteiger partial charge on any atom is 0.485 e. The Labute approximate surface area is 134 Å². The molecular formula is C11H13F3N2O7S. The van der Waals surface area contributed by atoms with E-state index in [1.54, 1.807) is 6.07 Å². The van der Waals surface area contributed by atoms with Crippen LogP contribution in [-0.2, 0) is 10.1 Å². The van der Waals surface area contributed by atoms with Crippen molar-refractivity contribution in [3.8, 4) is 0 Å². The molecule has 1 aromatic carbocycles. The number of nitro benzene ring substituents is 1. The van der Waals surface area contributed by atoms with E-state index in [1.807, 2.05) is 21.1 Å². The smallest absolute Gasteiger partial charge is 0.485 e. The number of hydrogen-bond acceptors (Lipinski definition) is 6. The van der Waals surface area contributed by atoms with Gasteiger partial charge in [0, 0.05) is 6.07 Å². The van der Waals surface area contributed by atoms with E-state index in [0.717, 1.165) is 0 Å². The van der Waals surface area contributed by atoms with Crippen molar-refractivity contribution >= 4 is 27.5 Å². The second kappa shape index (κ2) is 7.11. The van der Waals surface area contributed by atoms with Gasteiger partial charge in [0.15, 0.2) is 10.1 Å². The van der Waals surface area contributed by atoms with E-state index in [4.69, 9.17) is 18.1 Å². The lowest BCUT2D eigenvalue weighted by atomic mass is 10.1. The fourth-order valence-electron chi connectivity index (χ4n) is 1.27. The lowest BCUT2D eigenvalue weighted by molar-refractivity contribution is -0.385. The van der Waals surface area contributed by atoms with Gasteiger partial charge < -0.3 is 9.66 Å². The summed E-state index contributed by atoms with van der Waals surface area (Å²) in [5.41, 5.74) is -5.63. The molecule has 1 aromatic rings. The summed E-state index contributed by atoms with van der Waals surface area (Å²) in [4.78, 5) is 20.8. The van der Waals surface area contributed by atoms with Crippen molar-refractivity contribution in [1.29, 1.82) is 0 Å². The molecule has 1 N–H and O–H groups in total. The highest BCUT2D eigenvalue weighted by molar-refractivity contribution is 7.86. The maximum absolute atomic E-state index is 10.8. The number of hydrogen-bond donors (Lipinski definition) is 1. The Morgan fingerprint density at radius 1 is 1.25 bits per heavy atom. The SMILES string of the molecule is C[N+](C)(C)c1ccc(C(=O)O)c([N+](=O)[O-])c1.O=S(=O)([O-])C(F)(F)F. The van der Waals surface area contributed by atoms with Crippen LogP contribution in [0.4, 0.5) is 24.5 Å². The molecule has 0 fully saturated rings. The quantitative estimate of drug-likeness (QED) is 0.278. The number of nitrogens with zero attached hydrogens (tertiary/aromatic N) is 2. The third-order valence-electron chi connectivity index (χ3n) is 2.47. The highest BCUT2D eigenvalue weighted by Crippen LogP contribution is 2.26. The summed E-state index contributed by atoms with van der Waals surface area (Å²) in [6.45, 7) is 0. The van der Waals surface area contributed by atoms with E-state index in [2.05, 4.69) is 0 Å². The number of nitro groups is 1. The Morgan fingerprint density at radius 3 is 1.92 bits per heavy atom. The van der Waals surface area contributed by atoms with E-state index in [1.165, 1.54) is 12.1 Å². The van der Waals surface area contributed by atoms with E-state index in [9.17, 15) is 28.1 Å². The number of alkyl halides is 3. The van der Waals surface area contributed by atoms with Gasteiger partial charge >= 0.3 is 11.5 Å². The van der Waals surface area contributed by atoms with Crippen LogP contribution in [0.3, 0.4) is 0 Å². The minimum atomic E-state index is -6.09. The highest BCUT2D eigenvalue weighted by Gasteiger charge is 2.36. The molecule has 0 saturated carbocycles. The van der Waals surface area contributed by atoms with Gasteiger partial charge in [-0.1, -0.05) is 0 Å². The van der Waals surface area contributed by atoms with Gasteiger partial charge in [0.25, 0.3) is 5.69 Å². The first-order chi connectivity index (χ1) is 10.5. The molecule has 0 aromatic heterocycles. The molecule has 0 bridgehead atoms. The average molecular weight is 374 g/mol. The third kappa shape index (κ3) is 6.10. The van der Waals surface area contributed by atoms with Crippen molar-refractivity contribution in [2.45, 2.75) is 5.51 Å². The fraction of sp³-hybridized carbons (Fsp3) is 0.364. The second-order valence-corrected chi connectivity index (χ2v) is 6.55. The maximum atomic E-state index is 10.8. The van der Waals surface area contributed by atoms with Gasteiger partial charge in [0.1, 0.15) is 11.3 Å². The normalized spacial score (nSPS) is 12.1. The predicted octanol–water partition coefficient (Wildman–Crippen LogP) is 1.54. The van der Waals surface area contributed by atoms with Crippen molar-refractivity contribution in [3.63, 3.8) is 0 Å². The predicted molar refractivity (Wildman–Crippen MR) is 75.4 cm³/mol. The molecule has 24 heavy (non-hydrogen) atoms. The van der Waals surface area contributed by atoms with Crippen LogP contribution in [0.1, 0.15) is 10.4 Å². The van der Waals surface area contributed by atoms with E-state index < -0.39 is 26.5 Å². The Balaban J connectivity index is 0.000000561. The van der Waals surface area contributed by atoms with Crippen LogP contribution in [0, 0.1) is 10.1 Å². The zero-order valence-electron chi connectivity index (χ0n) is 12.6. The van der Waals surface area contributed by atoms with Gasteiger partial charge in [0.05, 0.1) is 32.1 Å². The zero-order valence-corrected chi connectivity index (χ0v) is 13.4. The van der Waals surface area contributed by atoms with Crippen molar-refractivity contribution in [2.75, 3.05) is 21.1 Å². The summed E-state index contributed by atoms with van der Waals surface area (Å²) in [6, 6.07) is 4.14. The van der Waals surface area contributed by atoms with Crippen LogP contribution in [0.5, 0.6) is 0 Å². The largest absolute Gasteiger partial charge is 0.741 e. The molecular weight excluding hydrogens is 361 g/mol. The average Bonchev–Trinajstić information content (AvgIpc) is 2.35. The Kier molecular flexibility index (Phi) is 6.44. The molecule has 0 spiro atoms. The second-order valence-electron chi connectivity index (χ2n) is 5.18. The van der Waals surface area contributed by atoms with Crippen molar-refractivity contribution < 1.29 is 41.0 Å². The van der Waals surface area contributed by atoms with Gasteiger partial charge in [-0.2, -0.15) is 13.2 Å². The third-order valence-corrected chi connectivity index (χ3v) is 3.03. The Bertz CT molecular complexity index is 739. The molecule has 0 atom stereocenters. The van der Waals surface area contributed by atoms with Crippen LogP contribution in [-0.4, -0.2) is 55.6 Å². The van der Waals surface area contributed by atoms with Crippen LogP contribution >= 0.6 is 0 Å². The minimum absolute atomic E-state index is 0.290. The summed E-state index contributed by atoms with van der Waals surface area (Å²) in [7, 11) is -0.550. The first kappa shape index (κ1) is 21.8. The summed E-state index contributed by atoms with van der Waals surface area (Å²) in [5, 5.41) is 19.5. The molecule has 0 aliphatic heterocycles. The van der Waals surface area contributed by atoms with E-state index in [0.29, 0.717) is 10.2 Å². The molecule has 0 heterocycles. The van der Waals surface area contributed by atoms with Crippen LogP contribution < -0.4 is 4.48 Å². The van der Waals surface area contributed by atoms with Gasteiger partial charge in [-0.25, -0.2) is 13.2 Å². The van der Waals surface area contributed by atoms with Gasteiger partial charge in [-0.15, -0.1) is 0 Å². The van der Waals surface area contributed by atoms with Crippen LogP contribution in [0.15, 0.2) is 18.2 Å². The number of halogens is 3. The molecule has 9 nitrogen and oxygen atoms in total. The monoisotopic (exact) mass is 374 g/mol. The number of aromatic carboxylic acids is 1. The van der Waals surface area contributed by atoms with Crippen LogP contribution in [0.2, 0.25) is 0 Å². The molecule has 0 aliphatic rings. The topological polar surface area (TPSA) is 138 Å². The van der Waals surface area contributed by atoms with E-state index in [-0.39, 0.29) is 11.3 Å². The lowest BCUT2D eigenvalue weighted by Crippen LogP contribution is -2.34. The van der Waals surface area contributed by atoms with Gasteiger partial charge in [-0.3, -0.25) is 14.6 Å². The number of benzene rings is 1. The number of carboxylic acids is 1. The summed E-state index contributed by atoms with van der Waals surface area (Å²) in [5.74, 6) is -1.29. The molecule has 0 saturated heterocycles. The van der Waals surface area contributed by atoms with Crippen LogP contribution in [0.25, 0.3) is 0 Å². The number of rotatable bonds is 3.